The second kappa shape index (κ2) is 6.29. The molecule has 0 bridgehead atoms. The van der Waals surface area contributed by atoms with Crippen LogP contribution in [0.1, 0.15) is 13.3 Å². The molecule has 2 aromatic rings. The molecule has 0 aliphatic heterocycles. The number of halogens is 2. The minimum atomic E-state index is -0.518. The van der Waals surface area contributed by atoms with Gasteiger partial charge in [0.25, 0.3) is 0 Å². The molecule has 0 fully saturated rings. The molecule has 1 aromatic heterocycles. The van der Waals surface area contributed by atoms with E-state index in [1.807, 2.05) is 6.92 Å². The fraction of sp³-hybridized carbons (Fsp3) is 0.250. The molecule has 5 nitrogen and oxygen atoms in total. The average Bonchev–Trinajstić information content (AvgIpc) is 2.38. The minimum Gasteiger partial charge on any atom is -0.463 e. The second-order valence-corrected chi connectivity index (χ2v) is 3.89. The molecule has 0 saturated heterocycles. The lowest BCUT2D eigenvalue weighted by atomic mass is 10.3. The Balaban J connectivity index is 2.20. The van der Waals surface area contributed by atoms with Crippen LogP contribution in [-0.4, -0.2) is 21.6 Å². The Bertz CT molecular complexity index is 568. The van der Waals surface area contributed by atoms with Gasteiger partial charge in [-0.3, -0.25) is 0 Å². The standard InChI is InChI=1S/C12H11ClFN3O2/c1-2-7-18-11-15-10(13)16-12(17-11)19-9-6-4-3-5-8(9)14/h3-6H,2,7H2,1H3. The smallest absolute Gasteiger partial charge is 0.329 e. The Hall–Kier alpha value is -1.95. The maximum Gasteiger partial charge on any atom is 0.329 e. The highest BCUT2D eigenvalue weighted by Gasteiger charge is 2.10. The first-order valence-corrected chi connectivity index (χ1v) is 6.03. The van der Waals surface area contributed by atoms with Gasteiger partial charge in [-0.05, 0) is 30.2 Å². The van der Waals surface area contributed by atoms with Crippen LogP contribution in [0, 0.1) is 5.82 Å². The van der Waals surface area contributed by atoms with E-state index in [-0.39, 0.29) is 23.1 Å². The van der Waals surface area contributed by atoms with Gasteiger partial charge in [-0.25, -0.2) is 4.39 Å². The molecule has 0 amide bonds. The molecule has 2 rings (SSSR count). The van der Waals surface area contributed by atoms with Crippen LogP contribution in [0.5, 0.6) is 17.8 Å². The molecule has 0 aliphatic carbocycles. The molecule has 100 valence electrons. The molecule has 19 heavy (non-hydrogen) atoms. The van der Waals surface area contributed by atoms with Gasteiger partial charge in [0.15, 0.2) is 11.6 Å². The van der Waals surface area contributed by atoms with Gasteiger partial charge in [-0.1, -0.05) is 19.1 Å². The van der Waals surface area contributed by atoms with E-state index in [1.165, 1.54) is 12.1 Å². The summed E-state index contributed by atoms with van der Waals surface area (Å²) in [6, 6.07) is 5.85. The van der Waals surface area contributed by atoms with E-state index < -0.39 is 5.82 Å². The molecule has 0 saturated carbocycles. The molecule has 0 N–H and O–H groups in total. The van der Waals surface area contributed by atoms with Crippen LogP contribution in [0.25, 0.3) is 0 Å². The number of aromatic nitrogens is 3. The van der Waals surface area contributed by atoms with Crippen LogP contribution >= 0.6 is 11.6 Å². The van der Waals surface area contributed by atoms with Crippen molar-refractivity contribution in [1.82, 2.24) is 15.0 Å². The largest absolute Gasteiger partial charge is 0.463 e. The van der Waals surface area contributed by atoms with Crippen LogP contribution < -0.4 is 9.47 Å². The van der Waals surface area contributed by atoms with E-state index in [9.17, 15) is 4.39 Å². The van der Waals surface area contributed by atoms with E-state index >= 15 is 0 Å². The first-order chi connectivity index (χ1) is 9.19. The van der Waals surface area contributed by atoms with Crippen molar-refractivity contribution in [1.29, 1.82) is 0 Å². The third kappa shape index (κ3) is 3.75. The number of ether oxygens (including phenoxy) is 2. The van der Waals surface area contributed by atoms with E-state index in [0.29, 0.717) is 6.61 Å². The van der Waals surface area contributed by atoms with Gasteiger partial charge < -0.3 is 9.47 Å². The molecule has 0 spiro atoms. The lowest BCUT2D eigenvalue weighted by Gasteiger charge is -2.06. The zero-order chi connectivity index (χ0) is 13.7. The summed E-state index contributed by atoms with van der Waals surface area (Å²) in [6.07, 6.45) is 0.798. The number of hydrogen-bond acceptors (Lipinski definition) is 5. The van der Waals surface area contributed by atoms with Crippen LogP contribution in [0.3, 0.4) is 0 Å². The summed E-state index contributed by atoms with van der Waals surface area (Å²) < 4.78 is 23.9. The van der Waals surface area contributed by atoms with Gasteiger partial charge in [0.05, 0.1) is 6.61 Å². The summed E-state index contributed by atoms with van der Waals surface area (Å²) in [5.41, 5.74) is 0. The zero-order valence-corrected chi connectivity index (χ0v) is 10.9. The number of benzene rings is 1. The third-order valence-corrected chi connectivity index (χ3v) is 2.21. The maximum atomic E-state index is 13.4. The molecular weight excluding hydrogens is 273 g/mol. The van der Waals surface area contributed by atoms with Gasteiger partial charge >= 0.3 is 12.0 Å². The average molecular weight is 284 g/mol. The molecule has 0 radical (unpaired) electrons. The Morgan fingerprint density at radius 2 is 1.89 bits per heavy atom. The summed E-state index contributed by atoms with van der Waals surface area (Å²) in [5.74, 6) is -0.513. The Labute approximate surface area is 114 Å². The van der Waals surface area contributed by atoms with Crippen LogP contribution in [0.2, 0.25) is 5.28 Å². The monoisotopic (exact) mass is 283 g/mol. The quantitative estimate of drug-likeness (QED) is 0.843. The van der Waals surface area contributed by atoms with Crippen LogP contribution in [-0.2, 0) is 0 Å². The van der Waals surface area contributed by atoms with Crippen molar-refractivity contribution >= 4 is 11.6 Å². The number of rotatable bonds is 5. The molecule has 0 unspecified atom stereocenters. The van der Waals surface area contributed by atoms with E-state index in [4.69, 9.17) is 21.1 Å². The van der Waals surface area contributed by atoms with Gasteiger partial charge in [-0.2, -0.15) is 9.97 Å². The Morgan fingerprint density at radius 1 is 1.16 bits per heavy atom. The molecule has 1 aromatic carbocycles. The SMILES string of the molecule is CCCOc1nc(Cl)nc(Oc2ccccc2F)n1. The predicted octanol–water partition coefficient (Wildman–Crippen LogP) is 3.25. The predicted molar refractivity (Wildman–Crippen MR) is 67.1 cm³/mol. The Morgan fingerprint density at radius 3 is 2.63 bits per heavy atom. The van der Waals surface area contributed by atoms with Gasteiger partial charge in [-0.15, -0.1) is 4.98 Å². The molecule has 1 heterocycles. The maximum absolute atomic E-state index is 13.4. The molecular formula is C12H11ClFN3O2. The normalized spacial score (nSPS) is 10.3. The van der Waals surface area contributed by atoms with E-state index in [1.54, 1.807) is 12.1 Å². The van der Waals surface area contributed by atoms with Crippen molar-refractivity contribution in [3.8, 4) is 17.8 Å². The summed E-state index contributed by atoms with van der Waals surface area (Å²) in [4.78, 5) is 11.4. The van der Waals surface area contributed by atoms with Crippen molar-refractivity contribution in [2.24, 2.45) is 0 Å². The number of para-hydroxylation sites is 1. The summed E-state index contributed by atoms with van der Waals surface area (Å²) in [5, 5.41) is -0.0764. The van der Waals surface area contributed by atoms with Crippen molar-refractivity contribution in [2.75, 3.05) is 6.61 Å². The van der Waals surface area contributed by atoms with E-state index in [2.05, 4.69) is 15.0 Å². The first-order valence-electron chi connectivity index (χ1n) is 5.66. The fourth-order valence-electron chi connectivity index (χ4n) is 1.24. The van der Waals surface area contributed by atoms with Crippen molar-refractivity contribution in [2.45, 2.75) is 13.3 Å². The minimum absolute atomic E-state index is 0.00575. The number of hydrogen-bond donors (Lipinski definition) is 0. The summed E-state index contributed by atoms with van der Waals surface area (Å²) >= 11 is 5.72. The highest BCUT2D eigenvalue weighted by molar-refractivity contribution is 6.28. The van der Waals surface area contributed by atoms with Crippen LogP contribution in [0.15, 0.2) is 24.3 Å². The van der Waals surface area contributed by atoms with Crippen molar-refractivity contribution in [3.05, 3.63) is 35.4 Å². The highest BCUT2D eigenvalue weighted by Crippen LogP contribution is 2.23. The fourth-order valence-corrected chi connectivity index (χ4v) is 1.39. The molecule has 0 aliphatic rings. The molecule has 0 atom stereocenters. The summed E-state index contributed by atoms with van der Waals surface area (Å²) in [7, 11) is 0. The zero-order valence-electron chi connectivity index (χ0n) is 10.1. The lowest BCUT2D eigenvalue weighted by Crippen LogP contribution is -2.03. The summed E-state index contributed by atoms with van der Waals surface area (Å²) in [6.45, 7) is 2.39. The number of nitrogens with zero attached hydrogens (tertiary/aromatic N) is 3. The first kappa shape index (κ1) is 13.5. The second-order valence-electron chi connectivity index (χ2n) is 3.55. The van der Waals surface area contributed by atoms with Gasteiger partial charge in [0.1, 0.15) is 0 Å². The van der Waals surface area contributed by atoms with Crippen molar-refractivity contribution < 1.29 is 13.9 Å². The third-order valence-electron chi connectivity index (χ3n) is 2.04. The lowest BCUT2D eigenvalue weighted by molar-refractivity contribution is 0.284. The topological polar surface area (TPSA) is 57.1 Å². The van der Waals surface area contributed by atoms with Gasteiger partial charge in [0.2, 0.25) is 5.28 Å². The van der Waals surface area contributed by atoms with E-state index in [0.717, 1.165) is 6.42 Å². The van der Waals surface area contributed by atoms with Crippen LogP contribution in [0.4, 0.5) is 4.39 Å². The highest BCUT2D eigenvalue weighted by atomic mass is 35.5. The van der Waals surface area contributed by atoms with Crippen molar-refractivity contribution in [3.63, 3.8) is 0 Å². The van der Waals surface area contributed by atoms with Gasteiger partial charge in [0, 0.05) is 0 Å². The molecule has 7 heteroatoms. The Kier molecular flexibility index (Phi) is 4.46.